The van der Waals surface area contributed by atoms with Crippen LogP contribution in [0.25, 0.3) is 0 Å². The van der Waals surface area contributed by atoms with Gasteiger partial charge in [0, 0.05) is 23.7 Å². The van der Waals surface area contributed by atoms with Crippen molar-refractivity contribution in [2.75, 3.05) is 11.9 Å². The van der Waals surface area contributed by atoms with Gasteiger partial charge in [-0.3, -0.25) is 0 Å². The molecular formula is C13H17NO. The first-order chi connectivity index (χ1) is 7.34. The summed E-state index contributed by atoms with van der Waals surface area (Å²) in [6.45, 7) is 3.30. The number of ether oxygens (including phenoxy) is 1. The Morgan fingerprint density at radius 2 is 2.20 bits per heavy atom. The summed E-state index contributed by atoms with van der Waals surface area (Å²) in [5.74, 6) is 1.69. The fourth-order valence-corrected chi connectivity index (χ4v) is 2.34. The first kappa shape index (κ1) is 9.08. The van der Waals surface area contributed by atoms with E-state index in [2.05, 4.69) is 30.4 Å². The van der Waals surface area contributed by atoms with Crippen molar-refractivity contribution in [1.29, 1.82) is 0 Å². The van der Waals surface area contributed by atoms with E-state index in [4.69, 9.17) is 4.74 Å². The largest absolute Gasteiger partial charge is 0.490 e. The zero-order chi connectivity index (χ0) is 10.3. The Morgan fingerprint density at radius 3 is 2.93 bits per heavy atom. The van der Waals surface area contributed by atoms with Gasteiger partial charge >= 0.3 is 0 Å². The first-order valence-electron chi connectivity index (χ1n) is 5.88. The summed E-state index contributed by atoms with van der Waals surface area (Å²) < 4.78 is 6.02. The van der Waals surface area contributed by atoms with Crippen molar-refractivity contribution in [3.8, 4) is 5.75 Å². The van der Waals surface area contributed by atoms with Gasteiger partial charge in [0.15, 0.2) is 0 Å². The van der Waals surface area contributed by atoms with Crippen molar-refractivity contribution < 1.29 is 4.74 Å². The third kappa shape index (κ3) is 1.48. The lowest BCUT2D eigenvalue weighted by atomic mass is 9.95. The Kier molecular flexibility index (Phi) is 2.08. The van der Waals surface area contributed by atoms with E-state index >= 15 is 0 Å². The van der Waals surface area contributed by atoms with Crippen molar-refractivity contribution in [2.45, 2.75) is 38.2 Å². The highest BCUT2D eigenvalue weighted by Crippen LogP contribution is 2.39. The second kappa shape index (κ2) is 3.44. The molecule has 0 radical (unpaired) electrons. The predicted molar refractivity (Wildman–Crippen MR) is 61.6 cm³/mol. The van der Waals surface area contributed by atoms with Crippen LogP contribution in [-0.2, 0) is 0 Å². The van der Waals surface area contributed by atoms with Crippen LogP contribution in [-0.4, -0.2) is 12.6 Å². The Labute approximate surface area is 90.6 Å². The molecule has 0 amide bonds. The van der Waals surface area contributed by atoms with Crippen LogP contribution in [0.5, 0.6) is 5.75 Å². The molecule has 1 atom stereocenters. The second-order valence-electron chi connectivity index (χ2n) is 4.67. The number of benzene rings is 1. The van der Waals surface area contributed by atoms with E-state index in [1.165, 1.54) is 30.5 Å². The lowest BCUT2D eigenvalue weighted by Crippen LogP contribution is -2.25. The third-order valence-corrected chi connectivity index (χ3v) is 3.50. The molecule has 2 aliphatic rings. The van der Waals surface area contributed by atoms with Crippen LogP contribution in [0.4, 0.5) is 5.69 Å². The summed E-state index contributed by atoms with van der Waals surface area (Å²) in [5.41, 5.74) is 2.64. The minimum atomic E-state index is 0.476. The molecule has 3 rings (SSSR count). The monoisotopic (exact) mass is 203 g/mol. The minimum Gasteiger partial charge on any atom is -0.490 e. The lowest BCUT2D eigenvalue weighted by molar-refractivity contribution is 0.119. The first-order valence-corrected chi connectivity index (χ1v) is 5.88. The molecule has 0 bridgehead atoms. The number of hydrogen-bond acceptors (Lipinski definition) is 2. The molecule has 1 aromatic rings. The van der Waals surface area contributed by atoms with Gasteiger partial charge in [-0.05, 0) is 31.4 Å². The van der Waals surface area contributed by atoms with E-state index in [0.29, 0.717) is 12.0 Å². The molecule has 0 spiro atoms. The summed E-state index contributed by atoms with van der Waals surface area (Å²) in [6.07, 6.45) is 4.26. The smallest absolute Gasteiger partial charge is 0.125 e. The molecule has 1 fully saturated rings. The number of hydrogen-bond donors (Lipinski definition) is 1. The molecular weight excluding hydrogens is 186 g/mol. The van der Waals surface area contributed by atoms with Gasteiger partial charge in [0.25, 0.3) is 0 Å². The molecule has 1 N–H and O–H groups in total. The summed E-state index contributed by atoms with van der Waals surface area (Å²) >= 11 is 0. The van der Waals surface area contributed by atoms with E-state index in [0.717, 1.165) is 12.3 Å². The Balaban J connectivity index is 1.90. The number of fused-ring (bicyclic) bond motifs is 1. The SMILES string of the molecule is CC1CNc2cccc(OC3CCC3)c21. The molecule has 2 nitrogen and oxygen atoms in total. The van der Waals surface area contributed by atoms with E-state index in [1.54, 1.807) is 0 Å². The van der Waals surface area contributed by atoms with Gasteiger partial charge in [-0.15, -0.1) is 0 Å². The number of rotatable bonds is 2. The summed E-state index contributed by atoms with van der Waals surface area (Å²) in [5, 5.41) is 3.42. The van der Waals surface area contributed by atoms with E-state index in [1.807, 2.05) is 0 Å². The summed E-state index contributed by atoms with van der Waals surface area (Å²) in [4.78, 5) is 0. The minimum absolute atomic E-state index is 0.476. The Morgan fingerprint density at radius 1 is 1.33 bits per heavy atom. The molecule has 1 aliphatic heterocycles. The predicted octanol–water partition coefficient (Wildman–Crippen LogP) is 3.15. The lowest BCUT2D eigenvalue weighted by Gasteiger charge is -2.27. The van der Waals surface area contributed by atoms with Crippen molar-refractivity contribution >= 4 is 5.69 Å². The molecule has 1 unspecified atom stereocenters. The quantitative estimate of drug-likeness (QED) is 0.797. The highest BCUT2D eigenvalue weighted by Gasteiger charge is 2.25. The van der Waals surface area contributed by atoms with Gasteiger partial charge in [-0.25, -0.2) is 0 Å². The van der Waals surface area contributed by atoms with Crippen LogP contribution < -0.4 is 10.1 Å². The van der Waals surface area contributed by atoms with Crippen LogP contribution >= 0.6 is 0 Å². The summed E-state index contributed by atoms with van der Waals surface area (Å²) in [6, 6.07) is 6.34. The third-order valence-electron chi connectivity index (χ3n) is 3.50. The highest BCUT2D eigenvalue weighted by atomic mass is 16.5. The molecule has 0 saturated heterocycles. The fraction of sp³-hybridized carbons (Fsp3) is 0.538. The fourth-order valence-electron chi connectivity index (χ4n) is 2.34. The molecule has 1 heterocycles. The van der Waals surface area contributed by atoms with Gasteiger partial charge in [-0.1, -0.05) is 13.0 Å². The number of nitrogens with one attached hydrogen (secondary N) is 1. The van der Waals surface area contributed by atoms with Crippen molar-refractivity contribution in [3.63, 3.8) is 0 Å². The molecule has 80 valence electrons. The van der Waals surface area contributed by atoms with Crippen LogP contribution in [0.1, 0.15) is 37.7 Å². The normalized spacial score (nSPS) is 24.2. The van der Waals surface area contributed by atoms with Crippen LogP contribution in [0.3, 0.4) is 0 Å². The van der Waals surface area contributed by atoms with E-state index in [9.17, 15) is 0 Å². The van der Waals surface area contributed by atoms with Gasteiger partial charge in [-0.2, -0.15) is 0 Å². The topological polar surface area (TPSA) is 21.3 Å². The van der Waals surface area contributed by atoms with E-state index in [-0.39, 0.29) is 0 Å². The Hall–Kier alpha value is -1.18. The van der Waals surface area contributed by atoms with Gasteiger partial charge in [0.1, 0.15) is 5.75 Å². The average Bonchev–Trinajstić information content (AvgIpc) is 2.55. The van der Waals surface area contributed by atoms with Gasteiger partial charge < -0.3 is 10.1 Å². The van der Waals surface area contributed by atoms with Crippen LogP contribution in [0.15, 0.2) is 18.2 Å². The zero-order valence-electron chi connectivity index (χ0n) is 9.12. The average molecular weight is 203 g/mol. The van der Waals surface area contributed by atoms with Crippen LogP contribution in [0.2, 0.25) is 0 Å². The number of anilines is 1. The maximum absolute atomic E-state index is 6.02. The maximum Gasteiger partial charge on any atom is 0.125 e. The molecule has 1 saturated carbocycles. The summed E-state index contributed by atoms with van der Waals surface area (Å²) in [7, 11) is 0. The molecule has 15 heavy (non-hydrogen) atoms. The second-order valence-corrected chi connectivity index (χ2v) is 4.67. The van der Waals surface area contributed by atoms with Crippen molar-refractivity contribution in [3.05, 3.63) is 23.8 Å². The van der Waals surface area contributed by atoms with E-state index < -0.39 is 0 Å². The van der Waals surface area contributed by atoms with Gasteiger partial charge in [0.05, 0.1) is 6.10 Å². The molecule has 2 heteroatoms. The van der Waals surface area contributed by atoms with Crippen molar-refractivity contribution in [2.24, 2.45) is 0 Å². The Bertz CT molecular complexity index is 371. The van der Waals surface area contributed by atoms with Gasteiger partial charge in [0.2, 0.25) is 0 Å². The van der Waals surface area contributed by atoms with Crippen molar-refractivity contribution in [1.82, 2.24) is 0 Å². The zero-order valence-corrected chi connectivity index (χ0v) is 9.12. The van der Waals surface area contributed by atoms with Crippen LogP contribution in [0, 0.1) is 0 Å². The molecule has 0 aromatic heterocycles. The maximum atomic E-state index is 6.02. The molecule has 1 aliphatic carbocycles. The standard InChI is InChI=1S/C13H17NO/c1-9-8-14-11-6-3-7-12(13(9)11)15-10-4-2-5-10/h3,6-7,9-10,14H,2,4-5,8H2,1H3. The highest BCUT2D eigenvalue weighted by molar-refractivity contribution is 5.63. The molecule has 1 aromatic carbocycles.